The predicted molar refractivity (Wildman–Crippen MR) is 65.1 cm³/mol. The second-order valence-corrected chi connectivity index (χ2v) is 3.73. The van der Waals surface area contributed by atoms with Gasteiger partial charge in [0.1, 0.15) is 5.75 Å². The molecule has 0 saturated heterocycles. The zero-order valence-corrected chi connectivity index (χ0v) is 10.2. The van der Waals surface area contributed by atoms with E-state index in [0.29, 0.717) is 23.4 Å². The summed E-state index contributed by atoms with van der Waals surface area (Å²) < 4.78 is 10.9. The average Bonchev–Trinajstić information content (AvgIpc) is 2.79. The predicted octanol–water partition coefficient (Wildman–Crippen LogP) is 1.70. The van der Waals surface area contributed by atoms with Crippen LogP contribution in [0.2, 0.25) is 0 Å². The van der Waals surface area contributed by atoms with Gasteiger partial charge in [0.2, 0.25) is 0 Å². The summed E-state index contributed by atoms with van der Waals surface area (Å²) >= 11 is 0. The third kappa shape index (κ3) is 2.20. The van der Waals surface area contributed by atoms with Crippen LogP contribution in [0.1, 0.15) is 23.0 Å². The Kier molecular flexibility index (Phi) is 3.32. The Morgan fingerprint density at radius 1 is 1.33 bits per heavy atom. The SMILES string of the molecule is CCc1cc(=O)on1C(=O)c1ccc(OC)cc1. The molecule has 0 radical (unpaired) electrons. The molecule has 1 aromatic carbocycles. The van der Waals surface area contributed by atoms with Gasteiger partial charge in [-0.2, -0.15) is 0 Å². The highest BCUT2D eigenvalue weighted by atomic mass is 16.5. The van der Waals surface area contributed by atoms with Crippen LogP contribution >= 0.6 is 0 Å². The standard InChI is InChI=1S/C13H13NO4/c1-3-10-8-12(15)18-14(10)13(16)9-4-6-11(17-2)7-5-9/h4-8H,3H2,1-2H3. The molecule has 0 N–H and O–H groups in total. The Bertz CT molecular complexity index is 607. The Morgan fingerprint density at radius 2 is 2.00 bits per heavy atom. The van der Waals surface area contributed by atoms with E-state index in [1.54, 1.807) is 31.4 Å². The molecule has 0 saturated carbocycles. The van der Waals surface area contributed by atoms with Gasteiger partial charge in [-0.1, -0.05) is 6.92 Å². The van der Waals surface area contributed by atoms with Gasteiger partial charge in [-0.15, -0.1) is 4.74 Å². The molecule has 0 atom stereocenters. The van der Waals surface area contributed by atoms with Crippen LogP contribution in [0, 0.1) is 0 Å². The van der Waals surface area contributed by atoms with E-state index in [-0.39, 0.29) is 5.91 Å². The minimum Gasteiger partial charge on any atom is -0.497 e. The maximum atomic E-state index is 12.1. The molecule has 0 spiro atoms. The molecule has 18 heavy (non-hydrogen) atoms. The number of benzene rings is 1. The number of hydrogen-bond acceptors (Lipinski definition) is 4. The normalized spacial score (nSPS) is 10.3. The third-order valence-electron chi connectivity index (χ3n) is 2.61. The van der Waals surface area contributed by atoms with Crippen LogP contribution in [0.15, 0.2) is 39.6 Å². The first-order valence-corrected chi connectivity index (χ1v) is 5.56. The quantitative estimate of drug-likeness (QED) is 0.828. The van der Waals surface area contributed by atoms with Gasteiger partial charge in [-0.05, 0) is 30.7 Å². The van der Waals surface area contributed by atoms with Gasteiger partial charge in [0.05, 0.1) is 12.8 Å². The van der Waals surface area contributed by atoms with Crippen molar-refractivity contribution in [2.24, 2.45) is 0 Å². The molecular weight excluding hydrogens is 234 g/mol. The summed E-state index contributed by atoms with van der Waals surface area (Å²) in [5.74, 6) is 0.299. The highest BCUT2D eigenvalue weighted by molar-refractivity contribution is 5.95. The monoisotopic (exact) mass is 247 g/mol. The summed E-state index contributed by atoms with van der Waals surface area (Å²) in [6.07, 6.45) is 0.549. The van der Waals surface area contributed by atoms with E-state index < -0.39 is 5.63 Å². The molecule has 94 valence electrons. The number of aryl methyl sites for hydroxylation is 1. The van der Waals surface area contributed by atoms with Gasteiger partial charge < -0.3 is 9.26 Å². The zero-order chi connectivity index (χ0) is 13.1. The number of methoxy groups -OCH3 is 1. The van der Waals surface area contributed by atoms with Crippen molar-refractivity contribution >= 4 is 5.91 Å². The van der Waals surface area contributed by atoms with E-state index in [9.17, 15) is 9.59 Å². The molecule has 2 aromatic rings. The van der Waals surface area contributed by atoms with Gasteiger partial charge in [-0.25, -0.2) is 4.79 Å². The number of rotatable bonds is 3. The lowest BCUT2D eigenvalue weighted by molar-refractivity contribution is 0.0831. The molecule has 0 aliphatic heterocycles. The molecule has 1 heterocycles. The minimum absolute atomic E-state index is 0.364. The molecule has 5 heteroatoms. The van der Waals surface area contributed by atoms with Crippen molar-refractivity contribution in [2.75, 3.05) is 7.11 Å². The molecule has 0 unspecified atom stereocenters. The number of hydrogen-bond donors (Lipinski definition) is 0. The van der Waals surface area contributed by atoms with E-state index in [2.05, 4.69) is 0 Å². The van der Waals surface area contributed by atoms with Crippen molar-refractivity contribution in [2.45, 2.75) is 13.3 Å². The number of carbonyl (C=O) groups is 1. The van der Waals surface area contributed by atoms with Crippen LogP contribution < -0.4 is 10.4 Å². The van der Waals surface area contributed by atoms with Crippen molar-refractivity contribution in [3.05, 3.63) is 52.0 Å². The van der Waals surface area contributed by atoms with Crippen LogP contribution in [0.4, 0.5) is 0 Å². The summed E-state index contributed by atoms with van der Waals surface area (Å²) in [5.41, 5.74) is 0.472. The third-order valence-corrected chi connectivity index (χ3v) is 2.61. The number of nitrogens with zero attached hydrogens (tertiary/aromatic N) is 1. The van der Waals surface area contributed by atoms with Crippen molar-refractivity contribution in [1.82, 2.24) is 4.74 Å². The summed E-state index contributed by atoms with van der Waals surface area (Å²) in [4.78, 5) is 23.3. The van der Waals surface area contributed by atoms with Gasteiger partial charge in [0.25, 0.3) is 5.91 Å². The van der Waals surface area contributed by atoms with Crippen LogP contribution in [0.3, 0.4) is 0 Å². The van der Waals surface area contributed by atoms with Gasteiger partial charge in [0, 0.05) is 11.6 Å². The Labute approximate surface area is 104 Å². The fourth-order valence-corrected chi connectivity index (χ4v) is 1.64. The van der Waals surface area contributed by atoms with Crippen LogP contribution in [0.5, 0.6) is 5.75 Å². The summed E-state index contributed by atoms with van der Waals surface area (Å²) in [7, 11) is 1.55. The smallest absolute Gasteiger partial charge is 0.358 e. The summed E-state index contributed by atoms with van der Waals surface area (Å²) in [5, 5.41) is 0. The summed E-state index contributed by atoms with van der Waals surface area (Å²) in [6.45, 7) is 1.85. The topological polar surface area (TPSA) is 61.4 Å². The Balaban J connectivity index is 2.37. The lowest BCUT2D eigenvalue weighted by Gasteiger charge is -2.04. The molecule has 0 bridgehead atoms. The van der Waals surface area contributed by atoms with E-state index in [4.69, 9.17) is 9.26 Å². The number of ether oxygens (including phenoxy) is 1. The lowest BCUT2D eigenvalue weighted by Crippen LogP contribution is -2.13. The van der Waals surface area contributed by atoms with E-state index >= 15 is 0 Å². The highest BCUT2D eigenvalue weighted by Crippen LogP contribution is 2.13. The van der Waals surface area contributed by atoms with E-state index in [1.807, 2.05) is 6.92 Å². The molecule has 0 aliphatic rings. The Morgan fingerprint density at radius 3 is 2.56 bits per heavy atom. The summed E-state index contributed by atoms with van der Waals surface area (Å²) in [6, 6.07) is 7.93. The maximum absolute atomic E-state index is 12.1. The first-order chi connectivity index (χ1) is 8.65. The molecule has 0 fully saturated rings. The fraction of sp³-hybridized carbons (Fsp3) is 0.231. The molecule has 5 nitrogen and oxygen atoms in total. The second-order valence-electron chi connectivity index (χ2n) is 3.73. The average molecular weight is 247 g/mol. The van der Waals surface area contributed by atoms with Crippen LogP contribution in [-0.2, 0) is 6.42 Å². The van der Waals surface area contributed by atoms with Crippen molar-refractivity contribution in [3.8, 4) is 5.75 Å². The van der Waals surface area contributed by atoms with Gasteiger partial charge in [-0.3, -0.25) is 4.79 Å². The molecular formula is C13H13NO4. The first kappa shape index (κ1) is 12.2. The number of aromatic nitrogens is 1. The zero-order valence-electron chi connectivity index (χ0n) is 10.2. The Hall–Kier alpha value is -2.30. The second kappa shape index (κ2) is 4.91. The van der Waals surface area contributed by atoms with Gasteiger partial charge in [0.15, 0.2) is 0 Å². The van der Waals surface area contributed by atoms with Crippen LogP contribution in [-0.4, -0.2) is 17.8 Å². The van der Waals surface area contributed by atoms with Crippen molar-refractivity contribution < 1.29 is 14.1 Å². The number of carbonyl (C=O) groups excluding carboxylic acids is 1. The minimum atomic E-state index is -0.520. The molecule has 0 amide bonds. The highest BCUT2D eigenvalue weighted by Gasteiger charge is 2.15. The van der Waals surface area contributed by atoms with Gasteiger partial charge >= 0.3 is 5.63 Å². The van der Waals surface area contributed by atoms with Crippen LogP contribution in [0.25, 0.3) is 0 Å². The maximum Gasteiger partial charge on any atom is 0.358 e. The lowest BCUT2D eigenvalue weighted by atomic mass is 10.2. The molecule has 0 aliphatic carbocycles. The molecule has 1 aromatic heterocycles. The van der Waals surface area contributed by atoms with Crippen molar-refractivity contribution in [1.29, 1.82) is 0 Å². The van der Waals surface area contributed by atoms with E-state index in [0.717, 1.165) is 4.74 Å². The first-order valence-electron chi connectivity index (χ1n) is 5.56. The van der Waals surface area contributed by atoms with Crippen molar-refractivity contribution in [3.63, 3.8) is 0 Å². The molecule has 2 rings (SSSR count). The fourth-order valence-electron chi connectivity index (χ4n) is 1.64. The van der Waals surface area contributed by atoms with E-state index in [1.165, 1.54) is 6.07 Å². The largest absolute Gasteiger partial charge is 0.497 e.